The Labute approximate surface area is 208 Å². The summed E-state index contributed by atoms with van der Waals surface area (Å²) in [6.07, 6.45) is 9.81. The van der Waals surface area contributed by atoms with Gasteiger partial charge in [0, 0.05) is 29.7 Å². The highest BCUT2D eigenvalue weighted by Gasteiger charge is 2.36. The van der Waals surface area contributed by atoms with Gasteiger partial charge in [-0.15, -0.1) is 0 Å². The summed E-state index contributed by atoms with van der Waals surface area (Å²) in [6.45, 7) is 5.89. The van der Waals surface area contributed by atoms with Crippen LogP contribution in [0.5, 0.6) is 0 Å². The predicted molar refractivity (Wildman–Crippen MR) is 136 cm³/mol. The zero-order valence-electron chi connectivity index (χ0n) is 20.5. The van der Waals surface area contributed by atoms with Crippen LogP contribution < -0.4 is 0 Å². The molecule has 2 unspecified atom stereocenters. The van der Waals surface area contributed by atoms with Gasteiger partial charge in [-0.1, -0.05) is 69.7 Å². The van der Waals surface area contributed by atoms with Crippen molar-refractivity contribution in [3.8, 4) is 11.3 Å². The number of hydrogen-bond donors (Lipinski definition) is 0. The van der Waals surface area contributed by atoms with Gasteiger partial charge in [0.1, 0.15) is 12.2 Å². The van der Waals surface area contributed by atoms with Gasteiger partial charge in [0.05, 0.1) is 11.7 Å². The van der Waals surface area contributed by atoms with Crippen LogP contribution in [0.1, 0.15) is 88.2 Å². The van der Waals surface area contributed by atoms with Gasteiger partial charge in [0.2, 0.25) is 5.91 Å². The minimum absolute atomic E-state index is 0.0857. The summed E-state index contributed by atoms with van der Waals surface area (Å²) in [5.41, 5.74) is 2.28. The van der Waals surface area contributed by atoms with Crippen LogP contribution in [0.4, 0.5) is 0 Å². The molecule has 4 rings (SSSR count). The molecule has 2 aliphatic rings. The molecule has 1 saturated heterocycles. The molecule has 6 nitrogen and oxygen atoms in total. The Kier molecular flexibility index (Phi) is 8.30. The van der Waals surface area contributed by atoms with Gasteiger partial charge in [-0.25, -0.2) is 0 Å². The monoisotopic (exact) mass is 484 g/mol. The third-order valence-corrected chi connectivity index (χ3v) is 7.47. The van der Waals surface area contributed by atoms with E-state index in [0.717, 1.165) is 75.6 Å². The minimum Gasteiger partial charge on any atom is -0.338 e. The molecular weight excluding hydrogens is 448 g/mol. The van der Waals surface area contributed by atoms with E-state index in [1.165, 1.54) is 0 Å². The molecular formula is C27H37ClN4O2. The molecule has 2 aromatic rings. The minimum atomic E-state index is -0.0999. The summed E-state index contributed by atoms with van der Waals surface area (Å²) in [5.74, 6) is -0.0118. The molecule has 0 spiro atoms. The van der Waals surface area contributed by atoms with Crippen LogP contribution in [0.15, 0.2) is 30.3 Å². The standard InChI is InChI=1S/C27H37ClN4O2/c1-3-5-7-10-23-18-30(19-26(33)31-16-8-11-22(31)9-6-4-2)27(34)25-17-24(29-32(23)25)20-12-14-21(28)15-13-20/h12-15,17,22-23H,3-11,16,18-19H2,1-2H3. The zero-order chi connectivity index (χ0) is 24.1. The SMILES string of the molecule is CCCCCC1CN(CC(=O)N2CCCC2CCCC)C(=O)c2cc(-c3ccc(Cl)cc3)nn21. The molecule has 0 saturated carbocycles. The lowest BCUT2D eigenvalue weighted by atomic mass is 10.0. The first-order valence-electron chi connectivity index (χ1n) is 13.0. The van der Waals surface area contributed by atoms with Gasteiger partial charge in [-0.3, -0.25) is 14.3 Å². The van der Waals surface area contributed by atoms with Crippen molar-refractivity contribution in [2.75, 3.05) is 19.6 Å². The van der Waals surface area contributed by atoms with Crippen LogP contribution in [0, 0.1) is 0 Å². The zero-order valence-corrected chi connectivity index (χ0v) is 21.3. The number of rotatable bonds is 10. The first-order valence-corrected chi connectivity index (χ1v) is 13.3. The molecule has 7 heteroatoms. The third-order valence-electron chi connectivity index (χ3n) is 7.21. The number of unbranched alkanes of at least 4 members (excludes halogenated alkanes) is 3. The molecule has 2 amide bonds. The van der Waals surface area contributed by atoms with Crippen molar-refractivity contribution in [1.29, 1.82) is 0 Å². The van der Waals surface area contributed by atoms with Crippen LogP contribution in [0.2, 0.25) is 5.02 Å². The second kappa shape index (κ2) is 11.4. The van der Waals surface area contributed by atoms with Gasteiger partial charge in [0.25, 0.3) is 5.91 Å². The number of likely N-dealkylation sites (tertiary alicyclic amines) is 1. The van der Waals surface area contributed by atoms with E-state index in [-0.39, 0.29) is 24.4 Å². The Hall–Kier alpha value is -2.34. The molecule has 0 N–H and O–H groups in total. The summed E-state index contributed by atoms with van der Waals surface area (Å²) >= 11 is 6.05. The second-order valence-electron chi connectivity index (χ2n) is 9.73. The number of fused-ring (bicyclic) bond motifs is 1. The Balaban J connectivity index is 1.54. The van der Waals surface area contributed by atoms with Gasteiger partial charge in [-0.05, 0) is 43.9 Å². The van der Waals surface area contributed by atoms with Crippen molar-refractivity contribution in [3.63, 3.8) is 0 Å². The molecule has 184 valence electrons. The van der Waals surface area contributed by atoms with Crippen molar-refractivity contribution in [3.05, 3.63) is 41.0 Å². The molecule has 0 radical (unpaired) electrons. The average Bonchev–Trinajstić information content (AvgIpc) is 3.49. The van der Waals surface area contributed by atoms with Crippen LogP contribution in [-0.4, -0.2) is 57.1 Å². The third kappa shape index (κ3) is 5.48. The fraction of sp³-hybridized carbons (Fsp3) is 0.593. The topological polar surface area (TPSA) is 58.4 Å². The van der Waals surface area contributed by atoms with Gasteiger partial charge >= 0.3 is 0 Å². The second-order valence-corrected chi connectivity index (χ2v) is 10.2. The lowest BCUT2D eigenvalue weighted by Gasteiger charge is -2.35. The van der Waals surface area contributed by atoms with Gasteiger partial charge in [-0.2, -0.15) is 5.10 Å². The van der Waals surface area contributed by atoms with E-state index in [1.807, 2.05) is 39.9 Å². The summed E-state index contributed by atoms with van der Waals surface area (Å²) in [7, 11) is 0. The van der Waals surface area contributed by atoms with E-state index >= 15 is 0 Å². The highest BCUT2D eigenvalue weighted by atomic mass is 35.5. The maximum atomic E-state index is 13.5. The number of halogens is 1. The normalized spacial score (nSPS) is 20.1. The van der Waals surface area contributed by atoms with Crippen LogP contribution in [-0.2, 0) is 4.79 Å². The van der Waals surface area contributed by atoms with Gasteiger partial charge in [0.15, 0.2) is 0 Å². The van der Waals surface area contributed by atoms with E-state index in [2.05, 4.69) is 13.8 Å². The van der Waals surface area contributed by atoms with E-state index < -0.39 is 0 Å². The molecule has 0 bridgehead atoms. The van der Waals surface area contributed by atoms with Gasteiger partial charge < -0.3 is 9.80 Å². The van der Waals surface area contributed by atoms with Crippen LogP contribution in [0.3, 0.4) is 0 Å². The maximum Gasteiger partial charge on any atom is 0.272 e. The Bertz CT molecular complexity index is 987. The summed E-state index contributed by atoms with van der Waals surface area (Å²) < 4.78 is 1.91. The number of carbonyl (C=O) groups excluding carboxylic acids is 2. The van der Waals surface area contributed by atoms with Crippen LogP contribution in [0.25, 0.3) is 11.3 Å². The Morgan fingerprint density at radius 3 is 2.53 bits per heavy atom. The molecule has 3 heterocycles. The Morgan fingerprint density at radius 2 is 1.79 bits per heavy atom. The number of benzene rings is 1. The lowest BCUT2D eigenvalue weighted by Crippen LogP contribution is -2.49. The molecule has 1 aromatic carbocycles. The average molecular weight is 485 g/mol. The number of nitrogens with zero attached hydrogens (tertiary/aromatic N) is 4. The smallest absolute Gasteiger partial charge is 0.272 e. The molecule has 1 aromatic heterocycles. The van der Waals surface area contributed by atoms with E-state index in [1.54, 1.807) is 4.90 Å². The molecule has 0 aliphatic carbocycles. The summed E-state index contributed by atoms with van der Waals surface area (Å²) in [4.78, 5) is 30.5. The Morgan fingerprint density at radius 1 is 1.06 bits per heavy atom. The first-order chi connectivity index (χ1) is 16.5. The number of carbonyl (C=O) groups is 2. The number of hydrogen-bond acceptors (Lipinski definition) is 3. The fourth-order valence-electron chi connectivity index (χ4n) is 5.31. The van der Waals surface area contributed by atoms with E-state index in [4.69, 9.17) is 16.7 Å². The predicted octanol–water partition coefficient (Wildman–Crippen LogP) is 5.96. The maximum absolute atomic E-state index is 13.5. The number of amides is 2. The first kappa shape index (κ1) is 24.8. The molecule has 2 atom stereocenters. The van der Waals surface area contributed by atoms with Crippen LogP contribution >= 0.6 is 11.6 Å². The van der Waals surface area contributed by atoms with Crippen molar-refractivity contribution >= 4 is 23.4 Å². The fourth-order valence-corrected chi connectivity index (χ4v) is 5.43. The molecule has 34 heavy (non-hydrogen) atoms. The number of aromatic nitrogens is 2. The summed E-state index contributed by atoms with van der Waals surface area (Å²) in [6, 6.07) is 9.82. The van der Waals surface area contributed by atoms with Crippen molar-refractivity contribution in [1.82, 2.24) is 19.6 Å². The highest BCUT2D eigenvalue weighted by Crippen LogP contribution is 2.30. The van der Waals surface area contributed by atoms with Crippen molar-refractivity contribution in [2.24, 2.45) is 0 Å². The van der Waals surface area contributed by atoms with Crippen molar-refractivity contribution in [2.45, 2.75) is 83.7 Å². The van der Waals surface area contributed by atoms with Crippen molar-refractivity contribution < 1.29 is 9.59 Å². The largest absolute Gasteiger partial charge is 0.338 e. The molecule has 1 fully saturated rings. The van der Waals surface area contributed by atoms with E-state index in [9.17, 15) is 9.59 Å². The highest BCUT2D eigenvalue weighted by molar-refractivity contribution is 6.30. The van der Waals surface area contributed by atoms with E-state index in [0.29, 0.717) is 23.3 Å². The molecule has 2 aliphatic heterocycles. The lowest BCUT2D eigenvalue weighted by molar-refractivity contribution is -0.133. The summed E-state index contributed by atoms with van der Waals surface area (Å²) in [5, 5.41) is 5.50. The quantitative estimate of drug-likeness (QED) is 0.391.